The summed E-state index contributed by atoms with van der Waals surface area (Å²) in [4.78, 5) is 38.3. The van der Waals surface area contributed by atoms with Crippen molar-refractivity contribution in [3.05, 3.63) is 109 Å². The lowest BCUT2D eigenvalue weighted by Gasteiger charge is -2.18. The van der Waals surface area contributed by atoms with E-state index in [2.05, 4.69) is 124 Å². The maximum absolute atomic E-state index is 12.9. The molecule has 6 nitrogen and oxygen atoms in total. The number of carbonyl (C=O) groups excluding carboxylic acids is 3. The van der Waals surface area contributed by atoms with Gasteiger partial charge in [0, 0.05) is 19.3 Å². The molecule has 0 aromatic carbocycles. The molecule has 0 aliphatic carbocycles. The standard InChI is InChI=1S/C71H120O6/c1-4-7-10-13-16-19-22-25-28-31-33-34-35-36-38-40-43-46-49-52-55-58-61-64-70(73)76-67-68(66-75-69(72)63-60-57-54-51-48-45-42-39-30-27-24-21-18-15-12-9-6-3)77-71(74)65-62-59-56-53-50-47-44-41-37-32-29-26-23-20-17-14-11-8-5-2/h8-9,11-12,17-18,20-21,26-27,29-30,37,41,47,50,56,59,68H,4-7,10,13-16,19,22-25,28,31-36,38-40,42-46,48-49,51-55,57-58,60-67H2,1-3H3/b11-8-,12-9-,20-17-,21-18-,29-26-,30-27-,41-37-,50-47-,59-56-. The third-order valence-corrected chi connectivity index (χ3v) is 13.8. The largest absolute Gasteiger partial charge is 0.462 e. The van der Waals surface area contributed by atoms with Crippen LogP contribution >= 0.6 is 0 Å². The minimum absolute atomic E-state index is 0.110. The Balaban J connectivity index is 4.44. The van der Waals surface area contributed by atoms with Crippen LogP contribution in [0.25, 0.3) is 0 Å². The van der Waals surface area contributed by atoms with E-state index < -0.39 is 12.1 Å². The lowest BCUT2D eigenvalue weighted by atomic mass is 10.0. The molecule has 0 N–H and O–H groups in total. The van der Waals surface area contributed by atoms with Gasteiger partial charge in [-0.25, -0.2) is 0 Å². The van der Waals surface area contributed by atoms with E-state index in [1.54, 1.807) is 0 Å². The van der Waals surface area contributed by atoms with Crippen LogP contribution in [0.15, 0.2) is 109 Å². The van der Waals surface area contributed by atoms with Crippen molar-refractivity contribution < 1.29 is 28.6 Å². The number of allylic oxidation sites excluding steroid dienone is 18. The van der Waals surface area contributed by atoms with Gasteiger partial charge in [0.2, 0.25) is 0 Å². The maximum Gasteiger partial charge on any atom is 0.306 e. The highest BCUT2D eigenvalue weighted by Gasteiger charge is 2.19. The summed E-state index contributed by atoms with van der Waals surface area (Å²) >= 11 is 0. The number of hydrogen-bond acceptors (Lipinski definition) is 6. The SMILES string of the molecule is CC/C=C\C/C=C\C/C=C\C/C=C\C/C=C\C/C=C\CCC(=O)OC(COC(=O)CCCCCCCCC/C=C\C/C=C\C/C=C\CC)COC(=O)CCCCCCCCCCCCCCCCCCCCCCCCC. The highest BCUT2D eigenvalue weighted by molar-refractivity contribution is 5.71. The molecule has 0 aliphatic heterocycles. The molecule has 0 aromatic heterocycles. The van der Waals surface area contributed by atoms with Crippen molar-refractivity contribution in [3.8, 4) is 0 Å². The molecule has 0 spiro atoms. The van der Waals surface area contributed by atoms with Crippen molar-refractivity contribution in [1.29, 1.82) is 0 Å². The number of ether oxygens (including phenoxy) is 3. The van der Waals surface area contributed by atoms with Gasteiger partial charge in [0.1, 0.15) is 13.2 Å². The molecular weight excluding hydrogens is 949 g/mol. The molecule has 0 aromatic rings. The van der Waals surface area contributed by atoms with Crippen molar-refractivity contribution in [2.45, 2.75) is 309 Å². The summed E-state index contributed by atoms with van der Waals surface area (Å²) < 4.78 is 16.9. The molecule has 0 fully saturated rings. The molecule has 0 heterocycles. The third kappa shape index (κ3) is 62.8. The summed E-state index contributed by atoms with van der Waals surface area (Å²) in [5.74, 6) is -0.996. The van der Waals surface area contributed by atoms with Crippen LogP contribution in [0.1, 0.15) is 303 Å². The van der Waals surface area contributed by atoms with Gasteiger partial charge in [0.15, 0.2) is 6.10 Å². The van der Waals surface area contributed by atoms with Crippen LogP contribution in [0.2, 0.25) is 0 Å². The van der Waals surface area contributed by atoms with Crippen LogP contribution in [0.4, 0.5) is 0 Å². The molecule has 6 heteroatoms. The van der Waals surface area contributed by atoms with E-state index in [-0.39, 0.29) is 31.6 Å². The molecule has 1 atom stereocenters. The van der Waals surface area contributed by atoms with E-state index in [0.717, 1.165) is 103 Å². The topological polar surface area (TPSA) is 78.9 Å². The number of rotatable bonds is 58. The van der Waals surface area contributed by atoms with Gasteiger partial charge in [-0.15, -0.1) is 0 Å². The second-order valence-corrected chi connectivity index (χ2v) is 21.3. The number of hydrogen-bond donors (Lipinski definition) is 0. The fourth-order valence-electron chi connectivity index (χ4n) is 9.01. The minimum atomic E-state index is -0.825. The van der Waals surface area contributed by atoms with Crippen LogP contribution in [0.5, 0.6) is 0 Å². The predicted molar refractivity (Wildman–Crippen MR) is 334 cm³/mol. The molecule has 440 valence electrons. The van der Waals surface area contributed by atoms with Crippen LogP contribution in [0, 0.1) is 0 Å². The molecule has 0 bridgehead atoms. The Bertz CT molecular complexity index is 1560. The molecule has 77 heavy (non-hydrogen) atoms. The molecule has 0 rings (SSSR count). The van der Waals surface area contributed by atoms with E-state index >= 15 is 0 Å². The van der Waals surface area contributed by atoms with Gasteiger partial charge in [0.05, 0.1) is 0 Å². The summed E-state index contributed by atoms with van der Waals surface area (Å²) in [6.07, 6.45) is 88.3. The first-order chi connectivity index (χ1) is 38.0. The Morgan fingerprint density at radius 2 is 0.532 bits per heavy atom. The van der Waals surface area contributed by atoms with Crippen molar-refractivity contribution >= 4 is 17.9 Å². The van der Waals surface area contributed by atoms with E-state index in [1.807, 2.05) is 6.08 Å². The van der Waals surface area contributed by atoms with Gasteiger partial charge in [0.25, 0.3) is 0 Å². The fraction of sp³-hybridized carbons (Fsp3) is 0.704. The Morgan fingerprint density at radius 1 is 0.273 bits per heavy atom. The van der Waals surface area contributed by atoms with Gasteiger partial charge < -0.3 is 14.2 Å². The zero-order valence-electron chi connectivity index (χ0n) is 50.4. The van der Waals surface area contributed by atoms with Gasteiger partial charge in [-0.05, 0) is 89.9 Å². The Morgan fingerprint density at radius 3 is 0.844 bits per heavy atom. The maximum atomic E-state index is 12.9. The molecule has 0 saturated carbocycles. The second-order valence-electron chi connectivity index (χ2n) is 21.3. The first-order valence-corrected chi connectivity index (χ1v) is 32.4. The van der Waals surface area contributed by atoms with E-state index in [9.17, 15) is 14.4 Å². The normalized spacial score (nSPS) is 12.8. The number of esters is 3. The van der Waals surface area contributed by atoms with Gasteiger partial charge in [-0.3, -0.25) is 14.4 Å². The van der Waals surface area contributed by atoms with Crippen molar-refractivity contribution in [2.75, 3.05) is 13.2 Å². The van der Waals surface area contributed by atoms with E-state index in [1.165, 1.54) is 154 Å². The first-order valence-electron chi connectivity index (χ1n) is 32.4. The molecule has 0 radical (unpaired) electrons. The van der Waals surface area contributed by atoms with Gasteiger partial charge in [-0.1, -0.05) is 304 Å². The summed E-state index contributed by atoms with van der Waals surface area (Å²) in [6.45, 7) is 6.38. The van der Waals surface area contributed by atoms with Crippen LogP contribution in [0.3, 0.4) is 0 Å². The predicted octanol–water partition coefficient (Wildman–Crippen LogP) is 22.2. The average molecular weight is 1070 g/mol. The van der Waals surface area contributed by atoms with Crippen LogP contribution in [-0.4, -0.2) is 37.2 Å². The molecule has 0 saturated heterocycles. The lowest BCUT2D eigenvalue weighted by molar-refractivity contribution is -0.166. The summed E-state index contributed by atoms with van der Waals surface area (Å²) in [5.41, 5.74) is 0. The fourth-order valence-corrected chi connectivity index (χ4v) is 9.01. The van der Waals surface area contributed by atoms with Crippen LogP contribution in [-0.2, 0) is 28.6 Å². The van der Waals surface area contributed by atoms with Gasteiger partial charge in [-0.2, -0.15) is 0 Å². The first kappa shape index (κ1) is 73.1. The van der Waals surface area contributed by atoms with Gasteiger partial charge >= 0.3 is 17.9 Å². The average Bonchev–Trinajstić information content (AvgIpc) is 3.43. The zero-order valence-corrected chi connectivity index (χ0v) is 50.4. The summed E-state index contributed by atoms with van der Waals surface area (Å²) in [6, 6.07) is 0. The Labute approximate surface area is 476 Å². The number of carbonyl (C=O) groups is 3. The second kappa shape index (κ2) is 64.6. The third-order valence-electron chi connectivity index (χ3n) is 13.8. The molecule has 0 aliphatic rings. The lowest BCUT2D eigenvalue weighted by Crippen LogP contribution is -2.30. The molecule has 1 unspecified atom stereocenters. The molecule has 0 amide bonds. The van der Waals surface area contributed by atoms with Crippen LogP contribution < -0.4 is 0 Å². The highest BCUT2D eigenvalue weighted by Crippen LogP contribution is 2.17. The van der Waals surface area contributed by atoms with Crippen molar-refractivity contribution in [1.82, 2.24) is 0 Å². The molecular formula is C71H120O6. The van der Waals surface area contributed by atoms with E-state index in [4.69, 9.17) is 14.2 Å². The summed E-state index contributed by atoms with van der Waals surface area (Å²) in [5, 5.41) is 0. The van der Waals surface area contributed by atoms with Crippen molar-refractivity contribution in [2.24, 2.45) is 0 Å². The summed E-state index contributed by atoms with van der Waals surface area (Å²) in [7, 11) is 0. The quantitative estimate of drug-likeness (QED) is 0.0261. The Kier molecular flexibility index (Phi) is 61.3. The van der Waals surface area contributed by atoms with E-state index in [0.29, 0.717) is 19.3 Å². The minimum Gasteiger partial charge on any atom is -0.462 e. The van der Waals surface area contributed by atoms with Crippen molar-refractivity contribution in [3.63, 3.8) is 0 Å². The zero-order chi connectivity index (χ0) is 55.7. The number of unbranched alkanes of at least 4 members (excludes halogenated alkanes) is 29. The smallest absolute Gasteiger partial charge is 0.306 e. The Hall–Kier alpha value is -3.93. The highest BCUT2D eigenvalue weighted by atomic mass is 16.6. The monoisotopic (exact) mass is 1070 g/mol.